The highest BCUT2D eigenvalue weighted by molar-refractivity contribution is 5.74. The molecule has 5 heteroatoms. The van der Waals surface area contributed by atoms with Gasteiger partial charge in [0.05, 0.1) is 0 Å². The summed E-state index contributed by atoms with van der Waals surface area (Å²) in [6.45, 7) is 1.77. The topological polar surface area (TPSA) is 58.4 Å². The van der Waals surface area contributed by atoms with E-state index in [4.69, 9.17) is 5.84 Å². The Morgan fingerprint density at radius 3 is 2.58 bits per heavy atom. The fraction of sp³-hybridized carbons (Fsp3) is 0.500. The third-order valence-corrected chi connectivity index (χ3v) is 2.97. The maximum Gasteiger partial charge on any atom is 0.233 e. The van der Waals surface area contributed by atoms with E-state index in [0.717, 1.165) is 37.9 Å². The van der Waals surface area contributed by atoms with Gasteiger partial charge in [-0.05, 0) is 44.1 Å². The lowest BCUT2D eigenvalue weighted by Crippen LogP contribution is -2.29. The zero-order valence-corrected chi connectivity index (χ0v) is 11.4. The molecule has 106 valence electrons. The molecular weight excluding hydrogens is 245 g/mol. The van der Waals surface area contributed by atoms with Crippen LogP contribution in [-0.4, -0.2) is 24.4 Å². The minimum atomic E-state index is -0.204. The number of nitrogens with two attached hydrogens (primary N) is 1. The molecule has 19 heavy (non-hydrogen) atoms. The van der Waals surface area contributed by atoms with Crippen LogP contribution in [0.1, 0.15) is 31.2 Å². The lowest BCUT2D eigenvalue weighted by molar-refractivity contribution is -0.121. The first kappa shape index (κ1) is 15.6. The molecule has 0 fully saturated rings. The maximum atomic E-state index is 12.8. The molecule has 1 amide bonds. The van der Waals surface area contributed by atoms with Gasteiger partial charge in [-0.15, -0.1) is 0 Å². The average Bonchev–Trinajstić information content (AvgIpc) is 2.40. The fourth-order valence-electron chi connectivity index (χ4n) is 1.90. The molecule has 1 rings (SSSR count). The van der Waals surface area contributed by atoms with E-state index in [2.05, 4.69) is 10.3 Å². The molecule has 0 heterocycles. The number of nitrogens with one attached hydrogen (secondary N) is 1. The number of nitrogens with zero attached hydrogens (tertiary/aromatic N) is 1. The second kappa shape index (κ2) is 8.61. The molecule has 3 N–H and O–H groups in total. The molecule has 0 aromatic heterocycles. The highest BCUT2D eigenvalue weighted by Gasteiger charge is 2.02. The summed E-state index contributed by atoms with van der Waals surface area (Å²) in [5, 5.41) is 0. The van der Waals surface area contributed by atoms with Crippen molar-refractivity contribution in [3.8, 4) is 0 Å². The van der Waals surface area contributed by atoms with Gasteiger partial charge >= 0.3 is 0 Å². The summed E-state index contributed by atoms with van der Waals surface area (Å²) in [6.07, 6.45) is 3.38. The molecule has 4 nitrogen and oxygen atoms in total. The van der Waals surface area contributed by atoms with E-state index in [9.17, 15) is 9.18 Å². The molecule has 0 radical (unpaired) electrons. The van der Waals surface area contributed by atoms with Crippen LogP contribution in [-0.2, 0) is 11.3 Å². The number of carbonyl (C=O) groups is 1. The fourth-order valence-corrected chi connectivity index (χ4v) is 1.90. The number of benzene rings is 1. The third kappa shape index (κ3) is 6.88. The van der Waals surface area contributed by atoms with Gasteiger partial charge < -0.3 is 4.90 Å². The first-order valence-corrected chi connectivity index (χ1v) is 6.54. The van der Waals surface area contributed by atoms with Crippen LogP contribution in [0.2, 0.25) is 0 Å². The van der Waals surface area contributed by atoms with Gasteiger partial charge in [-0.3, -0.25) is 10.2 Å². The van der Waals surface area contributed by atoms with E-state index in [1.165, 1.54) is 12.1 Å². The Morgan fingerprint density at radius 2 is 1.95 bits per heavy atom. The number of unbranched alkanes of at least 4 members (excludes halogenated alkanes) is 2. The highest BCUT2D eigenvalue weighted by Crippen LogP contribution is 2.07. The Morgan fingerprint density at radius 1 is 1.26 bits per heavy atom. The van der Waals surface area contributed by atoms with E-state index in [-0.39, 0.29) is 11.7 Å². The first-order valence-electron chi connectivity index (χ1n) is 6.54. The number of rotatable bonds is 8. The molecule has 0 aliphatic heterocycles. The van der Waals surface area contributed by atoms with Crippen LogP contribution in [0.15, 0.2) is 24.3 Å². The maximum absolute atomic E-state index is 12.8. The first-order chi connectivity index (χ1) is 9.11. The van der Waals surface area contributed by atoms with Gasteiger partial charge in [-0.2, -0.15) is 0 Å². The van der Waals surface area contributed by atoms with Crippen molar-refractivity contribution in [2.24, 2.45) is 5.84 Å². The molecule has 1 aromatic carbocycles. The summed E-state index contributed by atoms with van der Waals surface area (Å²) in [5.41, 5.74) is 3.23. The minimum absolute atomic E-state index is 0.111. The van der Waals surface area contributed by atoms with Crippen molar-refractivity contribution in [1.29, 1.82) is 0 Å². The number of amides is 1. The van der Waals surface area contributed by atoms with Crippen LogP contribution in [0.25, 0.3) is 0 Å². The highest BCUT2D eigenvalue weighted by atomic mass is 19.1. The summed E-state index contributed by atoms with van der Waals surface area (Å²) >= 11 is 0. The Balaban J connectivity index is 2.12. The number of halogens is 1. The van der Waals surface area contributed by atoms with Crippen molar-refractivity contribution in [3.05, 3.63) is 35.6 Å². The van der Waals surface area contributed by atoms with Gasteiger partial charge in [0, 0.05) is 13.0 Å². The van der Waals surface area contributed by atoms with Crippen LogP contribution in [0.3, 0.4) is 0 Å². The molecule has 0 unspecified atom stereocenters. The average molecular weight is 267 g/mol. The second-order valence-corrected chi connectivity index (χ2v) is 4.74. The zero-order chi connectivity index (χ0) is 14.1. The lowest BCUT2D eigenvalue weighted by atomic mass is 10.1. The lowest BCUT2D eigenvalue weighted by Gasteiger charge is -2.16. The summed E-state index contributed by atoms with van der Waals surface area (Å²) in [4.78, 5) is 13.1. The van der Waals surface area contributed by atoms with Gasteiger partial charge in [-0.1, -0.05) is 18.6 Å². The van der Waals surface area contributed by atoms with E-state index in [0.29, 0.717) is 6.42 Å². The van der Waals surface area contributed by atoms with Gasteiger partial charge in [-0.25, -0.2) is 10.2 Å². The predicted molar refractivity (Wildman–Crippen MR) is 73.5 cm³/mol. The molecule has 0 spiro atoms. The van der Waals surface area contributed by atoms with Gasteiger partial charge in [0.1, 0.15) is 5.82 Å². The van der Waals surface area contributed by atoms with Crippen molar-refractivity contribution in [1.82, 2.24) is 10.3 Å². The van der Waals surface area contributed by atoms with Gasteiger partial charge in [0.15, 0.2) is 0 Å². The molecule has 1 aromatic rings. The Labute approximate surface area is 113 Å². The number of hydrazine groups is 1. The van der Waals surface area contributed by atoms with Crippen molar-refractivity contribution in [2.75, 3.05) is 13.6 Å². The van der Waals surface area contributed by atoms with Crippen molar-refractivity contribution >= 4 is 5.91 Å². The Kier molecular flexibility index (Phi) is 7.07. The third-order valence-electron chi connectivity index (χ3n) is 2.97. The molecule has 0 saturated heterocycles. The van der Waals surface area contributed by atoms with Crippen LogP contribution in [0.5, 0.6) is 0 Å². The summed E-state index contributed by atoms with van der Waals surface area (Å²) in [5.74, 6) is 4.68. The second-order valence-electron chi connectivity index (χ2n) is 4.74. The molecule has 0 aliphatic rings. The largest absolute Gasteiger partial charge is 0.302 e. The van der Waals surface area contributed by atoms with Gasteiger partial charge in [0.2, 0.25) is 5.91 Å². The van der Waals surface area contributed by atoms with Crippen LogP contribution in [0.4, 0.5) is 4.39 Å². The Bertz CT molecular complexity index is 381. The van der Waals surface area contributed by atoms with Crippen LogP contribution in [0, 0.1) is 5.82 Å². The van der Waals surface area contributed by atoms with Crippen molar-refractivity contribution < 1.29 is 9.18 Å². The molecule has 0 saturated carbocycles. The minimum Gasteiger partial charge on any atom is -0.302 e. The SMILES string of the molecule is CN(CCCCCC(=O)NN)Cc1ccc(F)cc1. The summed E-state index contributed by atoms with van der Waals surface area (Å²) in [6, 6.07) is 6.57. The zero-order valence-electron chi connectivity index (χ0n) is 11.4. The van der Waals surface area contributed by atoms with E-state index < -0.39 is 0 Å². The monoisotopic (exact) mass is 267 g/mol. The van der Waals surface area contributed by atoms with E-state index in [1.54, 1.807) is 12.1 Å². The van der Waals surface area contributed by atoms with Crippen molar-refractivity contribution in [3.63, 3.8) is 0 Å². The normalized spacial score (nSPS) is 10.7. The molecular formula is C14H22FN3O. The molecule has 0 atom stereocenters. The van der Waals surface area contributed by atoms with Crippen LogP contribution < -0.4 is 11.3 Å². The molecule has 0 aliphatic carbocycles. The number of hydrogen-bond acceptors (Lipinski definition) is 3. The van der Waals surface area contributed by atoms with E-state index >= 15 is 0 Å². The summed E-state index contributed by atoms with van der Waals surface area (Å²) < 4.78 is 12.8. The number of carbonyl (C=O) groups excluding carboxylic acids is 1. The quantitative estimate of drug-likeness (QED) is 0.327. The summed E-state index contributed by atoms with van der Waals surface area (Å²) in [7, 11) is 2.04. The van der Waals surface area contributed by atoms with Crippen LogP contribution >= 0.6 is 0 Å². The van der Waals surface area contributed by atoms with E-state index in [1.807, 2.05) is 7.05 Å². The predicted octanol–water partition coefficient (Wildman–Crippen LogP) is 1.81. The van der Waals surface area contributed by atoms with Crippen molar-refractivity contribution in [2.45, 2.75) is 32.2 Å². The molecule has 0 bridgehead atoms. The standard InChI is InChI=1S/C14H22FN3O/c1-18(10-4-2-3-5-14(19)17-16)11-12-6-8-13(15)9-7-12/h6-9H,2-5,10-11,16H2,1H3,(H,17,19). The number of hydrogen-bond donors (Lipinski definition) is 2. The van der Waals surface area contributed by atoms with Gasteiger partial charge in [0.25, 0.3) is 0 Å². The smallest absolute Gasteiger partial charge is 0.233 e. The Hall–Kier alpha value is -1.46.